The molecular weight excluding hydrogens is 437 g/mol. The third-order valence-corrected chi connectivity index (χ3v) is 6.37. The van der Waals surface area contributed by atoms with Crippen molar-refractivity contribution in [2.24, 2.45) is 0 Å². The van der Waals surface area contributed by atoms with E-state index < -0.39 is 28.3 Å². The lowest BCUT2D eigenvalue weighted by atomic mass is 10.1. The van der Waals surface area contributed by atoms with Crippen molar-refractivity contribution >= 4 is 44.9 Å². The molecule has 2 aromatic rings. The SMILES string of the molecule is Cc1ccc(S(=O)(=O)CCC(=O)OCC(=O)NCCc2ccc(Cl)cc2Cl)cc1. The number of halogens is 2. The molecule has 0 aliphatic carbocycles. The Morgan fingerprint density at radius 3 is 2.41 bits per heavy atom. The van der Waals surface area contributed by atoms with Crippen molar-refractivity contribution in [3.63, 3.8) is 0 Å². The van der Waals surface area contributed by atoms with E-state index in [0.717, 1.165) is 11.1 Å². The third kappa shape index (κ3) is 7.68. The first-order valence-corrected chi connectivity index (χ1v) is 11.2. The first-order valence-electron chi connectivity index (χ1n) is 8.83. The maximum Gasteiger partial charge on any atom is 0.307 e. The maximum atomic E-state index is 12.2. The van der Waals surface area contributed by atoms with Gasteiger partial charge in [0.05, 0.1) is 17.1 Å². The molecular formula is C20H21Cl2NO5S. The number of amides is 1. The van der Waals surface area contributed by atoms with Gasteiger partial charge in [-0.25, -0.2) is 8.42 Å². The molecule has 0 radical (unpaired) electrons. The van der Waals surface area contributed by atoms with Crippen molar-refractivity contribution in [3.8, 4) is 0 Å². The minimum absolute atomic E-state index is 0.148. The van der Waals surface area contributed by atoms with E-state index >= 15 is 0 Å². The predicted octanol–water partition coefficient (Wildman–Crippen LogP) is 3.37. The zero-order chi connectivity index (χ0) is 21.4. The summed E-state index contributed by atoms with van der Waals surface area (Å²) in [5.41, 5.74) is 1.77. The Morgan fingerprint density at radius 1 is 1.07 bits per heavy atom. The minimum Gasteiger partial charge on any atom is -0.456 e. The number of hydrogen-bond acceptors (Lipinski definition) is 5. The molecule has 0 aliphatic heterocycles. The van der Waals surface area contributed by atoms with Crippen LogP contribution in [0.25, 0.3) is 0 Å². The molecule has 9 heteroatoms. The lowest BCUT2D eigenvalue weighted by molar-refractivity contribution is -0.148. The van der Waals surface area contributed by atoms with Crippen molar-refractivity contribution in [2.75, 3.05) is 18.9 Å². The molecule has 2 aromatic carbocycles. The summed E-state index contributed by atoms with van der Waals surface area (Å²) in [6.45, 7) is 1.68. The molecule has 0 spiro atoms. The van der Waals surface area contributed by atoms with Gasteiger partial charge in [0.1, 0.15) is 0 Å². The van der Waals surface area contributed by atoms with Crippen LogP contribution in [0.1, 0.15) is 17.5 Å². The smallest absolute Gasteiger partial charge is 0.307 e. The second-order valence-electron chi connectivity index (χ2n) is 6.38. The Morgan fingerprint density at radius 2 is 1.76 bits per heavy atom. The number of ether oxygens (including phenoxy) is 1. The van der Waals surface area contributed by atoms with Gasteiger partial charge in [0.2, 0.25) is 0 Å². The summed E-state index contributed by atoms with van der Waals surface area (Å²) in [4.78, 5) is 23.7. The van der Waals surface area contributed by atoms with Crippen LogP contribution in [0.3, 0.4) is 0 Å². The van der Waals surface area contributed by atoms with Crippen LogP contribution < -0.4 is 5.32 Å². The van der Waals surface area contributed by atoms with E-state index in [1.165, 1.54) is 12.1 Å². The highest BCUT2D eigenvalue weighted by Gasteiger charge is 2.17. The summed E-state index contributed by atoms with van der Waals surface area (Å²) in [5, 5.41) is 3.64. The summed E-state index contributed by atoms with van der Waals surface area (Å²) in [5.74, 6) is -1.62. The Hall–Kier alpha value is -2.09. The fraction of sp³-hybridized carbons (Fsp3) is 0.300. The molecule has 1 N–H and O–H groups in total. The number of sulfone groups is 1. The van der Waals surface area contributed by atoms with Crippen molar-refractivity contribution in [1.82, 2.24) is 5.32 Å². The molecule has 0 saturated carbocycles. The van der Waals surface area contributed by atoms with Crippen LogP contribution in [0.15, 0.2) is 47.4 Å². The number of aryl methyl sites for hydroxylation is 1. The van der Waals surface area contributed by atoms with Crippen molar-refractivity contribution < 1.29 is 22.7 Å². The second-order valence-corrected chi connectivity index (χ2v) is 9.33. The topological polar surface area (TPSA) is 89.5 Å². The summed E-state index contributed by atoms with van der Waals surface area (Å²) in [7, 11) is -3.59. The number of carbonyl (C=O) groups is 2. The van der Waals surface area contributed by atoms with Gasteiger partial charge in [-0.1, -0.05) is 47.0 Å². The van der Waals surface area contributed by atoms with Crippen LogP contribution in [0.5, 0.6) is 0 Å². The van der Waals surface area contributed by atoms with E-state index in [9.17, 15) is 18.0 Å². The highest BCUT2D eigenvalue weighted by molar-refractivity contribution is 7.91. The third-order valence-electron chi connectivity index (χ3n) is 4.05. The first kappa shape index (κ1) is 23.2. The fourth-order valence-electron chi connectivity index (χ4n) is 2.41. The number of nitrogens with one attached hydrogen (secondary N) is 1. The minimum atomic E-state index is -3.59. The number of benzene rings is 2. The molecule has 2 rings (SSSR count). The van der Waals surface area contributed by atoms with Crippen LogP contribution in [0, 0.1) is 6.92 Å². The van der Waals surface area contributed by atoms with Crippen LogP contribution in [0.4, 0.5) is 0 Å². The quantitative estimate of drug-likeness (QED) is 0.582. The lowest BCUT2D eigenvalue weighted by Gasteiger charge is -2.08. The van der Waals surface area contributed by atoms with Gasteiger partial charge < -0.3 is 10.1 Å². The van der Waals surface area contributed by atoms with Crippen LogP contribution in [-0.2, 0) is 30.6 Å². The Labute approximate surface area is 180 Å². The van der Waals surface area contributed by atoms with Gasteiger partial charge in [0.15, 0.2) is 16.4 Å². The van der Waals surface area contributed by atoms with E-state index in [2.05, 4.69) is 5.32 Å². The van der Waals surface area contributed by atoms with Crippen molar-refractivity contribution in [1.29, 1.82) is 0 Å². The number of rotatable bonds is 9. The second kappa shape index (κ2) is 10.6. The standard InChI is InChI=1S/C20H21Cl2NO5S/c1-14-2-6-17(7-3-14)29(26,27)11-9-20(25)28-13-19(24)23-10-8-15-4-5-16(21)12-18(15)22/h2-7,12H,8-11,13H2,1H3,(H,23,24). The van der Waals surface area contributed by atoms with Crippen LogP contribution in [0.2, 0.25) is 10.0 Å². The van der Waals surface area contributed by atoms with Gasteiger partial charge in [-0.3, -0.25) is 9.59 Å². The number of hydrogen-bond donors (Lipinski definition) is 1. The number of carbonyl (C=O) groups excluding carboxylic acids is 2. The predicted molar refractivity (Wildman–Crippen MR) is 112 cm³/mol. The molecule has 29 heavy (non-hydrogen) atoms. The van der Waals surface area contributed by atoms with Crippen LogP contribution >= 0.6 is 23.2 Å². The molecule has 0 heterocycles. The summed E-state index contributed by atoms with van der Waals surface area (Å²) < 4.78 is 29.2. The Bertz CT molecular complexity index is 975. The molecule has 0 bridgehead atoms. The van der Waals surface area contributed by atoms with Crippen LogP contribution in [-0.4, -0.2) is 39.2 Å². The first-order chi connectivity index (χ1) is 13.7. The van der Waals surface area contributed by atoms with Gasteiger partial charge in [-0.2, -0.15) is 0 Å². The average molecular weight is 458 g/mol. The Kier molecular flexibility index (Phi) is 8.49. The molecule has 6 nitrogen and oxygen atoms in total. The summed E-state index contributed by atoms with van der Waals surface area (Å²) in [6.07, 6.45) is 0.161. The van der Waals surface area contributed by atoms with Gasteiger partial charge in [-0.15, -0.1) is 0 Å². The zero-order valence-corrected chi connectivity index (χ0v) is 18.1. The van der Waals surface area contributed by atoms with E-state index in [1.54, 1.807) is 30.3 Å². The highest BCUT2D eigenvalue weighted by atomic mass is 35.5. The summed E-state index contributed by atoms with van der Waals surface area (Å²) in [6, 6.07) is 11.5. The molecule has 0 saturated heterocycles. The molecule has 0 atom stereocenters. The maximum absolute atomic E-state index is 12.2. The van der Waals surface area contributed by atoms with Crippen molar-refractivity contribution in [2.45, 2.75) is 24.7 Å². The monoisotopic (exact) mass is 457 g/mol. The lowest BCUT2D eigenvalue weighted by Crippen LogP contribution is -2.30. The number of esters is 1. The van der Waals surface area contributed by atoms with E-state index in [4.69, 9.17) is 27.9 Å². The van der Waals surface area contributed by atoms with Gasteiger partial charge in [0, 0.05) is 16.6 Å². The molecule has 156 valence electrons. The molecule has 1 amide bonds. The Balaban J connectivity index is 1.70. The van der Waals surface area contributed by atoms with Gasteiger partial charge in [0.25, 0.3) is 5.91 Å². The largest absolute Gasteiger partial charge is 0.456 e. The summed E-state index contributed by atoms with van der Waals surface area (Å²) >= 11 is 11.9. The highest BCUT2D eigenvalue weighted by Crippen LogP contribution is 2.21. The molecule has 0 aliphatic rings. The van der Waals surface area contributed by atoms with E-state index in [0.29, 0.717) is 23.0 Å². The normalized spacial score (nSPS) is 11.1. The van der Waals surface area contributed by atoms with Gasteiger partial charge >= 0.3 is 5.97 Å². The van der Waals surface area contributed by atoms with E-state index in [1.807, 2.05) is 6.92 Å². The molecule has 0 fully saturated rings. The molecule has 0 unspecified atom stereocenters. The molecule has 0 aromatic heterocycles. The van der Waals surface area contributed by atoms with Gasteiger partial charge in [-0.05, 0) is 43.2 Å². The fourth-order valence-corrected chi connectivity index (χ4v) is 4.14. The average Bonchev–Trinajstić information content (AvgIpc) is 2.67. The van der Waals surface area contributed by atoms with Crippen molar-refractivity contribution in [3.05, 3.63) is 63.6 Å². The zero-order valence-electron chi connectivity index (χ0n) is 15.8. The van der Waals surface area contributed by atoms with E-state index in [-0.39, 0.29) is 17.1 Å².